The SMILES string of the molecule is C#CCCC1(CCNC(=O)C2CCCN2C(=O)c2cc(Cl)ccc2Cl)N=N1. The van der Waals surface area contributed by atoms with Crippen molar-refractivity contribution in [3.05, 3.63) is 33.8 Å². The summed E-state index contributed by atoms with van der Waals surface area (Å²) in [5.41, 5.74) is -0.119. The van der Waals surface area contributed by atoms with E-state index in [2.05, 4.69) is 21.5 Å². The highest BCUT2D eigenvalue weighted by molar-refractivity contribution is 6.35. The molecular formula is C19H20Cl2N4O2. The van der Waals surface area contributed by atoms with E-state index < -0.39 is 11.7 Å². The summed E-state index contributed by atoms with van der Waals surface area (Å²) in [5.74, 6) is 2.12. The molecule has 1 saturated heterocycles. The quantitative estimate of drug-likeness (QED) is 0.701. The molecule has 1 aromatic carbocycles. The lowest BCUT2D eigenvalue weighted by Crippen LogP contribution is -2.46. The molecule has 2 amide bonds. The zero-order valence-electron chi connectivity index (χ0n) is 14.8. The van der Waals surface area contributed by atoms with Crippen LogP contribution in [0.15, 0.2) is 28.4 Å². The number of carbonyl (C=O) groups excluding carboxylic acids is 2. The van der Waals surface area contributed by atoms with Gasteiger partial charge in [-0.15, -0.1) is 12.3 Å². The van der Waals surface area contributed by atoms with E-state index in [0.29, 0.717) is 54.4 Å². The zero-order valence-corrected chi connectivity index (χ0v) is 16.3. The van der Waals surface area contributed by atoms with Crippen molar-refractivity contribution in [2.24, 2.45) is 10.2 Å². The second-order valence-corrected chi connectivity index (χ2v) is 7.55. The predicted octanol–water partition coefficient (Wildman–Crippen LogP) is 3.68. The van der Waals surface area contributed by atoms with E-state index in [0.717, 1.165) is 6.42 Å². The molecule has 0 radical (unpaired) electrons. The van der Waals surface area contributed by atoms with Gasteiger partial charge in [0.05, 0.1) is 10.6 Å². The summed E-state index contributed by atoms with van der Waals surface area (Å²) in [4.78, 5) is 27.0. The zero-order chi connectivity index (χ0) is 19.4. The molecule has 1 unspecified atom stereocenters. The highest BCUT2D eigenvalue weighted by Crippen LogP contribution is 2.36. The Labute approximate surface area is 168 Å². The van der Waals surface area contributed by atoms with Crippen LogP contribution in [0.2, 0.25) is 10.0 Å². The van der Waals surface area contributed by atoms with Crippen molar-refractivity contribution >= 4 is 35.0 Å². The van der Waals surface area contributed by atoms with Gasteiger partial charge in [0.25, 0.3) is 5.91 Å². The summed E-state index contributed by atoms with van der Waals surface area (Å²) >= 11 is 12.1. The molecule has 0 aliphatic carbocycles. The Kier molecular flexibility index (Phi) is 6.03. The topological polar surface area (TPSA) is 74.1 Å². The fourth-order valence-electron chi connectivity index (χ4n) is 3.27. The molecule has 142 valence electrons. The third kappa shape index (κ3) is 4.60. The molecule has 1 N–H and O–H groups in total. The highest BCUT2D eigenvalue weighted by Gasteiger charge is 2.39. The Morgan fingerprint density at radius 1 is 1.33 bits per heavy atom. The van der Waals surface area contributed by atoms with Crippen molar-refractivity contribution < 1.29 is 9.59 Å². The summed E-state index contributed by atoms with van der Waals surface area (Å²) in [7, 11) is 0. The molecule has 0 spiro atoms. The number of hydrogen-bond donors (Lipinski definition) is 1. The average Bonchev–Trinajstić information content (AvgIpc) is 3.24. The molecule has 0 aromatic heterocycles. The number of carbonyl (C=O) groups is 2. The maximum absolute atomic E-state index is 12.9. The van der Waals surface area contributed by atoms with Crippen LogP contribution >= 0.6 is 23.2 Å². The molecule has 0 saturated carbocycles. The van der Waals surface area contributed by atoms with E-state index in [4.69, 9.17) is 29.6 Å². The van der Waals surface area contributed by atoms with Crippen LogP contribution in [-0.4, -0.2) is 41.5 Å². The molecule has 1 atom stereocenters. The number of amides is 2. The first kappa shape index (κ1) is 19.7. The first-order chi connectivity index (χ1) is 13.0. The summed E-state index contributed by atoms with van der Waals surface area (Å²) < 4.78 is 0. The van der Waals surface area contributed by atoms with Crippen molar-refractivity contribution in [3.63, 3.8) is 0 Å². The average molecular weight is 407 g/mol. The standard InChI is InChI=1S/C19H20Cl2N4O2/c1-2-3-8-19(23-24-19)9-10-22-17(26)16-5-4-11-25(16)18(27)14-12-13(20)6-7-15(14)21/h1,6-7,12,16H,3-5,8-11H2,(H,22,26). The number of nitrogens with zero attached hydrogens (tertiary/aromatic N) is 3. The lowest BCUT2D eigenvalue weighted by atomic mass is 10.0. The van der Waals surface area contributed by atoms with Crippen LogP contribution in [0.1, 0.15) is 42.5 Å². The van der Waals surface area contributed by atoms with Gasteiger partial charge in [0.2, 0.25) is 5.91 Å². The van der Waals surface area contributed by atoms with Gasteiger partial charge < -0.3 is 10.2 Å². The molecule has 2 aliphatic heterocycles. The van der Waals surface area contributed by atoms with Crippen LogP contribution in [0.5, 0.6) is 0 Å². The van der Waals surface area contributed by atoms with Crippen molar-refractivity contribution in [1.29, 1.82) is 0 Å². The molecule has 1 aromatic rings. The van der Waals surface area contributed by atoms with Crippen molar-refractivity contribution in [2.75, 3.05) is 13.1 Å². The summed E-state index contributed by atoms with van der Waals surface area (Å²) in [6, 6.07) is 4.23. The minimum Gasteiger partial charge on any atom is -0.354 e. The van der Waals surface area contributed by atoms with Crippen LogP contribution in [0.4, 0.5) is 0 Å². The van der Waals surface area contributed by atoms with Gasteiger partial charge in [-0.25, -0.2) is 0 Å². The molecule has 3 rings (SSSR count). The van der Waals surface area contributed by atoms with Crippen LogP contribution in [0, 0.1) is 12.3 Å². The molecule has 1 fully saturated rings. The fourth-order valence-corrected chi connectivity index (χ4v) is 3.64. The molecule has 2 aliphatic rings. The summed E-state index contributed by atoms with van der Waals surface area (Å²) in [6.07, 6.45) is 8.57. The second-order valence-electron chi connectivity index (χ2n) is 6.71. The van der Waals surface area contributed by atoms with Crippen LogP contribution < -0.4 is 5.32 Å². The Morgan fingerprint density at radius 2 is 2.11 bits per heavy atom. The van der Waals surface area contributed by atoms with Crippen molar-refractivity contribution in [2.45, 2.75) is 43.8 Å². The summed E-state index contributed by atoms with van der Waals surface area (Å²) in [5, 5.41) is 11.8. The van der Waals surface area contributed by atoms with E-state index in [1.165, 1.54) is 6.07 Å². The third-order valence-corrected chi connectivity index (χ3v) is 5.42. The number of hydrogen-bond acceptors (Lipinski definition) is 4. The largest absolute Gasteiger partial charge is 0.354 e. The maximum Gasteiger partial charge on any atom is 0.256 e. The summed E-state index contributed by atoms with van der Waals surface area (Å²) in [6.45, 7) is 0.948. The Morgan fingerprint density at radius 3 is 2.81 bits per heavy atom. The van der Waals surface area contributed by atoms with Gasteiger partial charge in [-0.05, 0) is 31.0 Å². The number of terminal acetylenes is 1. The van der Waals surface area contributed by atoms with Gasteiger partial charge in [-0.2, -0.15) is 10.2 Å². The fraction of sp³-hybridized carbons (Fsp3) is 0.474. The van der Waals surface area contributed by atoms with Gasteiger partial charge in [-0.3, -0.25) is 9.59 Å². The maximum atomic E-state index is 12.9. The van der Waals surface area contributed by atoms with Crippen LogP contribution in [-0.2, 0) is 4.79 Å². The first-order valence-electron chi connectivity index (χ1n) is 8.87. The first-order valence-corrected chi connectivity index (χ1v) is 9.63. The molecule has 2 heterocycles. The van der Waals surface area contributed by atoms with Gasteiger partial charge in [0, 0.05) is 37.4 Å². The normalized spacial score (nSPS) is 19.6. The van der Waals surface area contributed by atoms with Crippen LogP contribution in [0.25, 0.3) is 0 Å². The molecular weight excluding hydrogens is 387 g/mol. The third-order valence-electron chi connectivity index (χ3n) is 4.85. The van der Waals surface area contributed by atoms with E-state index in [9.17, 15) is 9.59 Å². The van der Waals surface area contributed by atoms with Gasteiger partial charge in [0.1, 0.15) is 6.04 Å². The van der Waals surface area contributed by atoms with Gasteiger partial charge >= 0.3 is 0 Å². The molecule has 27 heavy (non-hydrogen) atoms. The van der Waals surface area contributed by atoms with E-state index >= 15 is 0 Å². The minimum atomic E-state index is -0.512. The van der Waals surface area contributed by atoms with E-state index in [1.807, 2.05) is 0 Å². The molecule has 0 bridgehead atoms. The molecule has 8 heteroatoms. The number of nitrogens with one attached hydrogen (secondary N) is 1. The number of benzene rings is 1. The van der Waals surface area contributed by atoms with Gasteiger partial charge in [0.15, 0.2) is 5.66 Å². The smallest absolute Gasteiger partial charge is 0.256 e. The number of rotatable bonds is 7. The second kappa shape index (κ2) is 8.28. The monoisotopic (exact) mass is 406 g/mol. The number of likely N-dealkylation sites (tertiary alicyclic amines) is 1. The Hall–Kier alpha value is -2.10. The van der Waals surface area contributed by atoms with Crippen LogP contribution in [0.3, 0.4) is 0 Å². The van der Waals surface area contributed by atoms with E-state index in [1.54, 1.807) is 17.0 Å². The lowest BCUT2D eigenvalue weighted by molar-refractivity contribution is -0.124. The van der Waals surface area contributed by atoms with Gasteiger partial charge in [-0.1, -0.05) is 23.2 Å². The van der Waals surface area contributed by atoms with Crippen molar-refractivity contribution in [1.82, 2.24) is 10.2 Å². The Bertz CT molecular complexity index is 812. The Balaban J connectivity index is 1.57. The highest BCUT2D eigenvalue weighted by atomic mass is 35.5. The lowest BCUT2D eigenvalue weighted by Gasteiger charge is -2.24. The molecule has 6 nitrogen and oxygen atoms in total. The minimum absolute atomic E-state index is 0.174. The number of halogens is 2. The van der Waals surface area contributed by atoms with E-state index in [-0.39, 0.29) is 11.8 Å². The predicted molar refractivity (Wildman–Crippen MR) is 104 cm³/mol. The van der Waals surface area contributed by atoms with Crippen molar-refractivity contribution in [3.8, 4) is 12.3 Å².